The Morgan fingerprint density at radius 3 is 2.32 bits per heavy atom. The highest BCUT2D eigenvalue weighted by Crippen LogP contribution is 2.23. The highest BCUT2D eigenvalue weighted by Gasteiger charge is 2.13. The van der Waals surface area contributed by atoms with Gasteiger partial charge >= 0.3 is 6.03 Å². The Kier molecular flexibility index (Phi) is 7.38. The van der Waals surface area contributed by atoms with E-state index >= 15 is 0 Å². The molecule has 0 bridgehead atoms. The van der Waals surface area contributed by atoms with E-state index in [0.29, 0.717) is 5.92 Å². The van der Waals surface area contributed by atoms with Gasteiger partial charge in [-0.3, -0.25) is 0 Å². The molecule has 0 heterocycles. The molecule has 134 valence electrons. The third kappa shape index (κ3) is 5.53. The molecule has 0 spiro atoms. The van der Waals surface area contributed by atoms with Crippen LogP contribution in [0.3, 0.4) is 0 Å². The van der Waals surface area contributed by atoms with E-state index in [4.69, 9.17) is 0 Å². The molecule has 2 atom stereocenters. The second-order valence-corrected chi connectivity index (χ2v) is 7.15. The zero-order valence-corrected chi connectivity index (χ0v) is 16.3. The number of benzene rings is 2. The second kappa shape index (κ2) is 9.52. The molecule has 0 saturated heterocycles. The first-order chi connectivity index (χ1) is 12.1. The summed E-state index contributed by atoms with van der Waals surface area (Å²) in [6.45, 7) is 6.52. The third-order valence-electron chi connectivity index (χ3n) is 4.56. The number of urea groups is 1. The smallest absolute Gasteiger partial charge is 0.319 e. The lowest BCUT2D eigenvalue weighted by Gasteiger charge is -2.19. The molecule has 0 aliphatic heterocycles. The van der Waals surface area contributed by atoms with Crippen LogP contribution < -0.4 is 10.6 Å². The highest BCUT2D eigenvalue weighted by molar-refractivity contribution is 7.98. The first-order valence-electron chi connectivity index (χ1n) is 8.88. The van der Waals surface area contributed by atoms with Crippen molar-refractivity contribution in [3.05, 3.63) is 59.7 Å². The first-order valence-corrected chi connectivity index (χ1v) is 10.1. The van der Waals surface area contributed by atoms with Gasteiger partial charge in [0, 0.05) is 10.6 Å². The summed E-state index contributed by atoms with van der Waals surface area (Å²) in [4.78, 5) is 13.5. The lowest BCUT2D eigenvalue weighted by atomic mass is 9.95. The standard InChI is InChI=1S/C21H28N2OS/c1-5-15(3)16-10-12-17(13-11-16)20(6-2)23-21(24)22-18-8-7-9-19(14-18)25-4/h7-15,20H,5-6H2,1-4H3,(H2,22,23,24)/t15-,20+/m0/s1. The van der Waals surface area contributed by atoms with Crippen molar-refractivity contribution >= 4 is 23.5 Å². The van der Waals surface area contributed by atoms with Gasteiger partial charge in [0.2, 0.25) is 0 Å². The zero-order chi connectivity index (χ0) is 18.2. The second-order valence-electron chi connectivity index (χ2n) is 6.27. The van der Waals surface area contributed by atoms with Gasteiger partial charge in [0.05, 0.1) is 6.04 Å². The van der Waals surface area contributed by atoms with Crippen molar-refractivity contribution in [2.75, 3.05) is 11.6 Å². The summed E-state index contributed by atoms with van der Waals surface area (Å²) in [5, 5.41) is 6.00. The largest absolute Gasteiger partial charge is 0.331 e. The fraction of sp³-hybridized carbons (Fsp3) is 0.381. The van der Waals surface area contributed by atoms with Crippen LogP contribution in [0.2, 0.25) is 0 Å². The van der Waals surface area contributed by atoms with Crippen molar-refractivity contribution in [2.45, 2.75) is 50.5 Å². The number of carbonyl (C=O) groups excluding carboxylic acids is 1. The van der Waals surface area contributed by atoms with Crippen molar-refractivity contribution in [1.82, 2.24) is 5.32 Å². The first kappa shape index (κ1) is 19.4. The van der Waals surface area contributed by atoms with Crippen molar-refractivity contribution in [2.24, 2.45) is 0 Å². The minimum Gasteiger partial charge on any atom is -0.331 e. The van der Waals surface area contributed by atoms with E-state index < -0.39 is 0 Å². The molecule has 2 amide bonds. The predicted octanol–water partition coefficient (Wildman–Crippen LogP) is 6.19. The molecule has 0 aliphatic rings. The van der Waals surface area contributed by atoms with Crippen LogP contribution >= 0.6 is 11.8 Å². The van der Waals surface area contributed by atoms with E-state index in [9.17, 15) is 4.79 Å². The number of anilines is 1. The van der Waals surface area contributed by atoms with Crippen molar-refractivity contribution in [1.29, 1.82) is 0 Å². The molecule has 2 aromatic carbocycles. The molecule has 0 unspecified atom stereocenters. The maximum absolute atomic E-state index is 12.3. The molecule has 2 N–H and O–H groups in total. The number of hydrogen-bond acceptors (Lipinski definition) is 2. The molecular weight excluding hydrogens is 328 g/mol. The van der Waals surface area contributed by atoms with Crippen LogP contribution in [0.4, 0.5) is 10.5 Å². The van der Waals surface area contributed by atoms with Crippen LogP contribution in [0.1, 0.15) is 56.7 Å². The highest BCUT2D eigenvalue weighted by atomic mass is 32.2. The van der Waals surface area contributed by atoms with E-state index in [1.165, 1.54) is 5.56 Å². The predicted molar refractivity (Wildman–Crippen MR) is 109 cm³/mol. The average Bonchev–Trinajstić information content (AvgIpc) is 2.65. The summed E-state index contributed by atoms with van der Waals surface area (Å²) in [6.07, 6.45) is 4.00. The summed E-state index contributed by atoms with van der Waals surface area (Å²) in [5.41, 5.74) is 3.30. The monoisotopic (exact) mass is 356 g/mol. The number of thioether (sulfide) groups is 1. The Morgan fingerprint density at radius 2 is 1.72 bits per heavy atom. The minimum atomic E-state index is -0.170. The number of rotatable bonds is 7. The summed E-state index contributed by atoms with van der Waals surface area (Å²) in [6, 6.07) is 16.3. The molecule has 4 heteroatoms. The Morgan fingerprint density at radius 1 is 1.04 bits per heavy atom. The maximum atomic E-state index is 12.3. The summed E-state index contributed by atoms with van der Waals surface area (Å²) in [7, 11) is 0. The molecular formula is C21H28N2OS. The molecule has 0 aliphatic carbocycles. The van der Waals surface area contributed by atoms with Crippen molar-refractivity contribution < 1.29 is 4.79 Å². The van der Waals surface area contributed by atoms with E-state index in [1.54, 1.807) is 11.8 Å². The third-order valence-corrected chi connectivity index (χ3v) is 5.29. The quantitative estimate of drug-likeness (QED) is 0.580. The number of nitrogens with one attached hydrogen (secondary N) is 2. The Hall–Kier alpha value is -1.94. The van der Waals surface area contributed by atoms with Gasteiger partial charge in [0.1, 0.15) is 0 Å². The number of carbonyl (C=O) groups is 1. The van der Waals surface area contributed by atoms with Gasteiger partial charge in [-0.2, -0.15) is 0 Å². The van der Waals surface area contributed by atoms with Gasteiger partial charge in [-0.05, 0) is 54.3 Å². The fourth-order valence-electron chi connectivity index (χ4n) is 2.74. The fourth-order valence-corrected chi connectivity index (χ4v) is 3.20. The number of hydrogen-bond donors (Lipinski definition) is 2. The summed E-state index contributed by atoms with van der Waals surface area (Å²) < 4.78 is 0. The maximum Gasteiger partial charge on any atom is 0.319 e. The Bertz CT molecular complexity index is 685. The molecule has 0 saturated carbocycles. The lowest BCUT2D eigenvalue weighted by molar-refractivity contribution is 0.248. The van der Waals surface area contributed by atoms with Crippen LogP contribution in [-0.4, -0.2) is 12.3 Å². The van der Waals surface area contributed by atoms with Crippen LogP contribution in [0, 0.1) is 0 Å². The van der Waals surface area contributed by atoms with Crippen LogP contribution in [0.5, 0.6) is 0 Å². The molecule has 2 aromatic rings. The van der Waals surface area contributed by atoms with Crippen molar-refractivity contribution in [3.8, 4) is 0 Å². The van der Waals surface area contributed by atoms with Gasteiger partial charge in [-0.25, -0.2) is 4.79 Å². The molecule has 2 rings (SSSR count). The van der Waals surface area contributed by atoms with Gasteiger partial charge in [0.15, 0.2) is 0 Å². The van der Waals surface area contributed by atoms with E-state index in [-0.39, 0.29) is 12.1 Å². The molecule has 3 nitrogen and oxygen atoms in total. The topological polar surface area (TPSA) is 41.1 Å². The average molecular weight is 357 g/mol. The van der Waals surface area contributed by atoms with E-state index in [2.05, 4.69) is 55.7 Å². The Labute approximate surface area is 155 Å². The minimum absolute atomic E-state index is 0.00900. The van der Waals surface area contributed by atoms with Gasteiger partial charge < -0.3 is 10.6 Å². The van der Waals surface area contributed by atoms with E-state index in [1.807, 2.05) is 30.5 Å². The van der Waals surface area contributed by atoms with Gasteiger partial charge in [-0.15, -0.1) is 11.8 Å². The summed E-state index contributed by atoms with van der Waals surface area (Å²) in [5.74, 6) is 0.564. The van der Waals surface area contributed by atoms with Gasteiger partial charge in [-0.1, -0.05) is 51.1 Å². The lowest BCUT2D eigenvalue weighted by Crippen LogP contribution is -2.32. The number of amides is 2. The van der Waals surface area contributed by atoms with Gasteiger partial charge in [0.25, 0.3) is 0 Å². The van der Waals surface area contributed by atoms with Crippen molar-refractivity contribution in [3.63, 3.8) is 0 Å². The molecule has 0 aromatic heterocycles. The normalized spacial score (nSPS) is 13.1. The summed E-state index contributed by atoms with van der Waals surface area (Å²) >= 11 is 1.66. The van der Waals surface area contributed by atoms with Crippen LogP contribution in [0.25, 0.3) is 0 Å². The Balaban J connectivity index is 2.01. The van der Waals surface area contributed by atoms with Crippen LogP contribution in [-0.2, 0) is 0 Å². The molecule has 0 fully saturated rings. The zero-order valence-electron chi connectivity index (χ0n) is 15.5. The van der Waals surface area contributed by atoms with Crippen LogP contribution in [0.15, 0.2) is 53.4 Å². The molecule has 0 radical (unpaired) electrons. The van der Waals surface area contributed by atoms with E-state index in [0.717, 1.165) is 29.0 Å². The SMILES string of the molecule is CC[C@H](C)c1ccc([C@@H](CC)NC(=O)Nc2cccc(SC)c2)cc1. The molecule has 25 heavy (non-hydrogen) atoms.